The number of hydrogen-bond donors (Lipinski definition) is 17. The summed E-state index contributed by atoms with van der Waals surface area (Å²) in [4.78, 5) is 194. The molecule has 0 aromatic rings. The van der Waals surface area contributed by atoms with Crippen LogP contribution in [0.25, 0.3) is 0 Å². The zero-order chi connectivity index (χ0) is 108. The van der Waals surface area contributed by atoms with Crippen LogP contribution in [0.5, 0.6) is 0 Å². The molecule has 0 aromatic carbocycles. The Bertz CT molecular complexity index is 5210. The van der Waals surface area contributed by atoms with Crippen molar-refractivity contribution >= 4 is 94.7 Å². The van der Waals surface area contributed by atoms with Crippen molar-refractivity contribution in [3.63, 3.8) is 0 Å². The Kier molecular flexibility index (Phi) is 36.5. The first-order valence-electron chi connectivity index (χ1n) is 52.0. The molecule has 0 spiro atoms. The van der Waals surface area contributed by atoms with Crippen LogP contribution < -0.4 is 22.1 Å². The number of amides is 8. The summed E-state index contributed by atoms with van der Waals surface area (Å²) in [6.45, 7) is 47.9. The molecule has 0 radical (unpaired) electrons. The van der Waals surface area contributed by atoms with E-state index < -0.39 is 108 Å². The summed E-state index contributed by atoms with van der Waals surface area (Å²) in [5, 5.41) is 130. The van der Waals surface area contributed by atoms with Crippen LogP contribution in [-0.4, -0.2) is 418 Å². The van der Waals surface area contributed by atoms with E-state index in [2.05, 4.69) is 67.5 Å². The number of nitrogens with two attached hydrogens (primary N) is 2. The van der Waals surface area contributed by atoms with Gasteiger partial charge in [-0.2, -0.15) is 0 Å². The average molecular weight is 2080 g/mol. The second kappa shape index (κ2) is 46.6. The highest BCUT2D eigenvalue weighted by molar-refractivity contribution is 6.05. The van der Waals surface area contributed by atoms with Crippen molar-refractivity contribution in [1.82, 2.24) is 69.4 Å². The van der Waals surface area contributed by atoms with E-state index in [0.717, 1.165) is 113 Å². The molecule has 44 nitrogen and oxygen atoms in total. The standard InChI is InChI=1S/C19H29N5O5.C18H26N4O5.C18H27N3O4.3C16H24N2O4.CH4/c1-9-13(17(19(28)29)24-16(9)15(10(2)25)18(24)27)8-23-5-4-12(7-23)22-14(26)6-21-11(3)20;1-8-12(7-21-5-4-11(6-21)16(24)20-10(3)19)15(18(26)27)22-14(8)13(9(2)23)17(22)25;1-9(19)6-12-4-5-20(7-12)8-13-10(2)15-14(11(3)22)17(23)21(15)16(13)18(24)25;3*1-8-4-5-17(6-8)7-11-9(2)13-12(10(3)19)15(20)18(13)14(11)16(21)22;/h9-10,12,15-16,25H,4-8H2,1-3H3,(H2,20,21)(H,22,26)(H,28,29);8-9,11,13-14,23H,4-7H2,1-3H3,(H,26,27)(H2,19,20,24);10-12,14-15,22H,1,4-8,19H2,2-3H3,(H,24,25);3*8-10,12-13,19H,4-7H2,1-3H3,(H,21,22);1H4/t9-,10+,12?,15?,16?;8-,9+,11-,13?,14?;10-,11+,12-,14?,15?;8-,9+,10-,12?,13?;2*8-,9-,10+,12?,13?;/m000100./s1. The fourth-order valence-corrected chi connectivity index (χ4v) is 26.7. The molecule has 12 saturated heterocycles. The lowest BCUT2D eigenvalue weighted by molar-refractivity contribution is -0.163. The number of carboxylic acids is 6. The number of amidine groups is 2. The highest BCUT2D eigenvalue weighted by Crippen LogP contribution is 2.55. The number of nitrogens with one attached hydrogen (secondary N) is 3. The predicted octanol–water partition coefficient (Wildman–Crippen LogP) is 0.944. The number of fused-ring (bicyclic) bond motifs is 6. The summed E-state index contributed by atoms with van der Waals surface area (Å²) in [5.41, 5.74) is 17.1. The van der Waals surface area contributed by atoms with E-state index in [-0.39, 0.29) is 185 Å². The van der Waals surface area contributed by atoms with Crippen LogP contribution in [0.2, 0.25) is 0 Å². The van der Waals surface area contributed by atoms with Crippen molar-refractivity contribution in [3.8, 4) is 0 Å². The topological polar surface area (TPSA) is 633 Å². The minimum absolute atomic E-state index is 0. The third kappa shape index (κ3) is 22.6. The Morgan fingerprint density at radius 2 is 0.595 bits per heavy atom. The Balaban J connectivity index is 0.000000158. The third-order valence-electron chi connectivity index (χ3n) is 34.0. The molecule has 12 fully saturated rings. The van der Waals surface area contributed by atoms with Crippen molar-refractivity contribution in [2.45, 2.75) is 249 Å². The van der Waals surface area contributed by atoms with Gasteiger partial charge in [-0.3, -0.25) is 78.2 Å². The summed E-state index contributed by atoms with van der Waals surface area (Å²) in [6.07, 6.45) is 1.98. The first-order chi connectivity index (χ1) is 68.9. The maximum atomic E-state index is 12.4. The number of aliphatic imine (C=N–C) groups is 1. The molecule has 148 heavy (non-hydrogen) atoms. The monoisotopic (exact) mass is 2080 g/mol. The lowest BCUT2D eigenvalue weighted by Crippen LogP contribution is -2.63. The van der Waals surface area contributed by atoms with Crippen LogP contribution in [0.1, 0.15) is 170 Å². The molecule has 18 aliphatic heterocycles. The fraction of sp³-hybridized carbons (Fsp3) is 0.712. The van der Waals surface area contributed by atoms with Crippen LogP contribution in [0, 0.1) is 106 Å². The second-order valence-electron chi connectivity index (χ2n) is 44.8. The Morgan fingerprint density at radius 1 is 0.365 bits per heavy atom. The molecule has 0 saturated carbocycles. The molecule has 18 aliphatic rings. The van der Waals surface area contributed by atoms with E-state index >= 15 is 0 Å². The maximum absolute atomic E-state index is 12.4. The van der Waals surface area contributed by atoms with Gasteiger partial charge in [0.25, 0.3) is 0 Å². The van der Waals surface area contributed by atoms with Gasteiger partial charge in [0.2, 0.25) is 47.3 Å². The zero-order valence-corrected chi connectivity index (χ0v) is 87.5. The van der Waals surface area contributed by atoms with Gasteiger partial charge in [0, 0.05) is 132 Å². The van der Waals surface area contributed by atoms with E-state index in [1.807, 2.05) is 46.4 Å². The van der Waals surface area contributed by atoms with E-state index in [1.165, 1.54) is 36.3 Å². The fourth-order valence-electron chi connectivity index (χ4n) is 26.7. The van der Waals surface area contributed by atoms with Gasteiger partial charge in [0.05, 0.1) is 126 Å². The summed E-state index contributed by atoms with van der Waals surface area (Å²) < 4.78 is 0. The first kappa shape index (κ1) is 116. The molecule has 820 valence electrons. The molecule has 8 amide bonds. The number of aliphatic hydroxyl groups is 6. The van der Waals surface area contributed by atoms with Crippen molar-refractivity contribution in [3.05, 3.63) is 79.9 Å². The summed E-state index contributed by atoms with van der Waals surface area (Å²) in [6, 6.07) is -1.50. The normalized spacial score (nSPS) is 33.8. The minimum atomic E-state index is -1.13. The smallest absolute Gasteiger partial charge is 0.352 e. The van der Waals surface area contributed by atoms with Gasteiger partial charge in [-0.15, -0.1) is 0 Å². The zero-order valence-electron chi connectivity index (χ0n) is 87.5. The van der Waals surface area contributed by atoms with Crippen molar-refractivity contribution in [1.29, 1.82) is 5.41 Å². The van der Waals surface area contributed by atoms with E-state index in [0.29, 0.717) is 118 Å². The van der Waals surface area contributed by atoms with Crippen LogP contribution >= 0.6 is 0 Å². The van der Waals surface area contributed by atoms with Crippen LogP contribution in [0.15, 0.2) is 84.9 Å². The van der Waals surface area contributed by atoms with E-state index in [4.69, 9.17) is 16.9 Å². The quantitative estimate of drug-likeness (QED) is 0.0270. The van der Waals surface area contributed by atoms with Crippen molar-refractivity contribution in [2.24, 2.45) is 117 Å². The summed E-state index contributed by atoms with van der Waals surface area (Å²) >= 11 is 0. The molecule has 0 bridgehead atoms. The number of carbonyl (C=O) groups is 14. The molecule has 44 heteroatoms. The van der Waals surface area contributed by atoms with Crippen LogP contribution in [-0.2, 0) is 67.1 Å². The van der Waals surface area contributed by atoms with Gasteiger partial charge in [-0.25, -0.2) is 28.8 Å². The number of aliphatic carboxylic acids is 6. The van der Waals surface area contributed by atoms with Crippen LogP contribution in [0.3, 0.4) is 0 Å². The van der Waals surface area contributed by atoms with E-state index in [1.54, 1.807) is 48.5 Å². The predicted molar refractivity (Wildman–Crippen MR) is 539 cm³/mol. The first-order valence-corrected chi connectivity index (χ1v) is 52.0. The largest absolute Gasteiger partial charge is 0.477 e. The Hall–Kier alpha value is -10.8. The minimum Gasteiger partial charge on any atom is -0.477 e. The number of aliphatic hydroxyl groups excluding tert-OH is 6. The van der Waals surface area contributed by atoms with Gasteiger partial charge >= 0.3 is 35.8 Å². The maximum Gasteiger partial charge on any atom is 0.352 e. The number of β-lactam (4-membered cyclic amide) rings is 6. The SMILES string of the molecule is C.C=C(N)C[C@@H]1CCN(CC2=C(C(=O)O)N3C(=O)C([C@@H](C)O)C3[C@H]2C)C1.CC(=N)NC(=O)[C@H]1CCN(CC2=C(C(=O)O)N3C(=O)C([C@@H](C)O)C3[C@H]2C)C1.CC(N)=NCC(=O)NC1CCN(CC2=C(C(=O)O)N3C(=O)C([C@@H](C)O)C3[C@H]2C)C1.C[C@@H]1CCN(CC2=C(C(=O)O)N3C(=O)C([C@@H](C)O)C3[C@H]2C)C1.C[C@H]1CCN(CC2=C(C(=O)O)N3C(=O)C([C@@H](C)O)C3[C@H]2C)C1.C[C@H]1CCN(CC2=C(C(=O)O)N3C(=O)C([C@@H](C)O)C3[C@H]2C)C1. The highest BCUT2D eigenvalue weighted by Gasteiger charge is 2.67. The van der Waals surface area contributed by atoms with Gasteiger partial charge in [0.1, 0.15) is 40.7 Å². The Morgan fingerprint density at radius 3 is 0.818 bits per heavy atom. The number of likely N-dealkylation sites (tertiary alicyclic amines) is 6. The lowest BCUT2D eigenvalue weighted by atomic mass is 9.77. The molecule has 0 aromatic heterocycles. The highest BCUT2D eigenvalue weighted by atomic mass is 16.4. The molecule has 0 aliphatic carbocycles. The van der Waals surface area contributed by atoms with Gasteiger partial charge in [0.15, 0.2) is 0 Å². The van der Waals surface area contributed by atoms with Crippen molar-refractivity contribution < 1.29 is 128 Å². The third-order valence-corrected chi connectivity index (χ3v) is 34.0. The lowest BCUT2D eigenvalue weighted by Gasteiger charge is -2.46. The molecule has 13 unspecified atom stereocenters. The van der Waals surface area contributed by atoms with Crippen molar-refractivity contribution in [2.75, 3.05) is 124 Å². The summed E-state index contributed by atoms with van der Waals surface area (Å²) in [7, 11) is 0. The molecular weight excluding hydrogens is 1920 g/mol. The number of rotatable bonds is 30. The molecule has 18 heterocycles. The number of carboxylic acid groups (broad SMARTS) is 6. The molecule has 19 N–H and O–H groups in total. The number of nitrogens with zero attached hydrogens (tertiary/aromatic N) is 13. The molecular formula is C104H158N18O26. The van der Waals surface area contributed by atoms with Crippen LogP contribution in [0.4, 0.5) is 0 Å². The average Bonchev–Trinajstić information content (AvgIpc) is 1.58. The number of hydrogen-bond acceptors (Lipinski definition) is 29. The number of carbonyl (C=O) groups excluding carboxylic acids is 8. The van der Waals surface area contributed by atoms with Gasteiger partial charge < -0.3 is 113 Å². The summed E-state index contributed by atoms with van der Waals surface area (Å²) in [5.74, 6) is -9.41. The Labute approximate surface area is 864 Å². The number of allylic oxidation sites excluding steroid dienone is 1. The van der Waals surface area contributed by atoms with Gasteiger partial charge in [-0.1, -0.05) is 76.3 Å². The molecule has 18 rings (SSSR count). The molecule has 30 atom stereocenters. The second-order valence-corrected chi connectivity index (χ2v) is 44.8. The van der Waals surface area contributed by atoms with E-state index in [9.17, 15) is 128 Å². The van der Waals surface area contributed by atoms with Gasteiger partial charge in [-0.05, 0) is 190 Å².